The van der Waals surface area contributed by atoms with Gasteiger partial charge >= 0.3 is 0 Å². The quantitative estimate of drug-likeness (QED) is 0.343. The van der Waals surface area contributed by atoms with Crippen molar-refractivity contribution in [2.75, 3.05) is 0 Å². The van der Waals surface area contributed by atoms with Crippen molar-refractivity contribution in [2.24, 2.45) is 16.8 Å². The zero-order valence-electron chi connectivity index (χ0n) is 11.1. The number of benzene rings is 1. The van der Waals surface area contributed by atoms with Gasteiger partial charge in [-0.3, -0.25) is 4.79 Å². The number of hydrogen-bond donors (Lipinski definition) is 3. The van der Waals surface area contributed by atoms with Crippen LogP contribution in [0.5, 0.6) is 0 Å². The fraction of sp³-hybridized carbons (Fsp3) is 0.429. The van der Waals surface area contributed by atoms with Crippen molar-refractivity contribution in [3.8, 4) is 0 Å². The first kappa shape index (κ1) is 14.7. The molecule has 5 nitrogen and oxygen atoms in total. The van der Waals surface area contributed by atoms with Crippen molar-refractivity contribution in [3.05, 3.63) is 34.9 Å². The van der Waals surface area contributed by atoms with Gasteiger partial charge in [0, 0.05) is 17.0 Å². The van der Waals surface area contributed by atoms with Gasteiger partial charge in [0.2, 0.25) is 5.91 Å². The van der Waals surface area contributed by atoms with Gasteiger partial charge in [-0.05, 0) is 24.5 Å². The van der Waals surface area contributed by atoms with Crippen LogP contribution in [0.2, 0.25) is 5.02 Å². The molecule has 0 radical (unpaired) electrons. The van der Waals surface area contributed by atoms with E-state index in [1.165, 1.54) is 0 Å². The molecule has 0 saturated heterocycles. The number of hydrogen-bond acceptors (Lipinski definition) is 3. The Morgan fingerprint density at radius 3 is 2.90 bits per heavy atom. The molecule has 2 rings (SSSR count). The van der Waals surface area contributed by atoms with Crippen molar-refractivity contribution in [1.29, 1.82) is 0 Å². The molecule has 0 aromatic heterocycles. The van der Waals surface area contributed by atoms with Gasteiger partial charge in [-0.15, -0.1) is 0 Å². The van der Waals surface area contributed by atoms with E-state index >= 15 is 0 Å². The highest BCUT2D eigenvalue weighted by atomic mass is 35.5. The Balaban J connectivity index is 1.96. The van der Waals surface area contributed by atoms with Crippen LogP contribution < -0.4 is 11.1 Å². The van der Waals surface area contributed by atoms with Crippen LogP contribution in [-0.2, 0) is 11.2 Å². The minimum absolute atomic E-state index is 0.0686. The van der Waals surface area contributed by atoms with E-state index in [2.05, 4.69) is 10.5 Å². The standard InChI is InChI=1S/C14H18ClN3O2/c15-11-6-2-1-4-9(11)8-13(19)17-12-7-3-5-10(12)14(16)18-20/h1-2,4,6,10,12,20H,3,5,7-8H2,(H2,16,18)(H,17,19). The summed E-state index contributed by atoms with van der Waals surface area (Å²) in [4.78, 5) is 12.1. The number of amides is 1. The molecule has 1 amide bonds. The van der Waals surface area contributed by atoms with Gasteiger partial charge in [-0.2, -0.15) is 0 Å². The lowest BCUT2D eigenvalue weighted by atomic mass is 10.0. The molecule has 0 aliphatic heterocycles. The highest BCUT2D eigenvalue weighted by Crippen LogP contribution is 2.26. The third-order valence-electron chi connectivity index (χ3n) is 3.67. The molecule has 6 heteroatoms. The Kier molecular flexibility index (Phi) is 4.84. The molecule has 1 aromatic rings. The van der Waals surface area contributed by atoms with E-state index in [-0.39, 0.29) is 30.1 Å². The Bertz CT molecular complexity index is 519. The van der Waals surface area contributed by atoms with Gasteiger partial charge < -0.3 is 16.3 Å². The van der Waals surface area contributed by atoms with Crippen LogP contribution >= 0.6 is 11.6 Å². The Labute approximate surface area is 122 Å². The summed E-state index contributed by atoms with van der Waals surface area (Å²) >= 11 is 6.03. The van der Waals surface area contributed by atoms with Gasteiger partial charge in [0.1, 0.15) is 5.84 Å². The number of nitrogens with one attached hydrogen (secondary N) is 1. The van der Waals surface area contributed by atoms with Crippen molar-refractivity contribution < 1.29 is 10.0 Å². The number of nitrogens with zero attached hydrogens (tertiary/aromatic N) is 1. The highest BCUT2D eigenvalue weighted by molar-refractivity contribution is 6.31. The van der Waals surface area contributed by atoms with Crippen LogP contribution in [0, 0.1) is 5.92 Å². The van der Waals surface area contributed by atoms with Gasteiger partial charge in [-0.1, -0.05) is 41.4 Å². The molecule has 1 saturated carbocycles. The number of halogens is 1. The van der Waals surface area contributed by atoms with Crippen molar-refractivity contribution in [3.63, 3.8) is 0 Å². The van der Waals surface area contributed by atoms with Crippen LogP contribution in [0.1, 0.15) is 24.8 Å². The highest BCUT2D eigenvalue weighted by Gasteiger charge is 2.31. The van der Waals surface area contributed by atoms with Gasteiger partial charge in [0.05, 0.1) is 6.42 Å². The number of carbonyl (C=O) groups excluding carboxylic acids is 1. The van der Waals surface area contributed by atoms with E-state index in [1.54, 1.807) is 6.07 Å². The number of carbonyl (C=O) groups is 1. The van der Waals surface area contributed by atoms with Gasteiger partial charge in [0.15, 0.2) is 0 Å². The molecule has 108 valence electrons. The number of oxime groups is 1. The second-order valence-electron chi connectivity index (χ2n) is 5.00. The van der Waals surface area contributed by atoms with E-state index in [1.807, 2.05) is 18.2 Å². The Hall–Kier alpha value is -1.75. The normalized spacial score (nSPS) is 22.8. The van der Waals surface area contributed by atoms with E-state index in [9.17, 15) is 4.79 Å². The summed E-state index contributed by atoms with van der Waals surface area (Å²) in [6.07, 6.45) is 2.86. The Morgan fingerprint density at radius 2 is 2.20 bits per heavy atom. The first-order valence-corrected chi connectivity index (χ1v) is 6.99. The van der Waals surface area contributed by atoms with E-state index < -0.39 is 0 Å². The average molecular weight is 296 g/mol. The second-order valence-corrected chi connectivity index (χ2v) is 5.41. The first-order chi connectivity index (χ1) is 9.61. The number of nitrogens with two attached hydrogens (primary N) is 1. The van der Waals surface area contributed by atoms with Crippen molar-refractivity contribution in [1.82, 2.24) is 5.32 Å². The van der Waals surface area contributed by atoms with Gasteiger partial charge in [0.25, 0.3) is 0 Å². The Morgan fingerprint density at radius 1 is 1.45 bits per heavy atom. The molecule has 0 heterocycles. The molecular formula is C14H18ClN3O2. The summed E-state index contributed by atoms with van der Waals surface area (Å²) in [5.41, 5.74) is 6.44. The summed E-state index contributed by atoms with van der Waals surface area (Å²) in [5, 5.41) is 15.3. The summed E-state index contributed by atoms with van der Waals surface area (Å²) in [7, 11) is 0. The maximum absolute atomic E-state index is 12.1. The summed E-state index contributed by atoms with van der Waals surface area (Å²) in [5.74, 6) is 0.00137. The molecule has 2 atom stereocenters. The predicted molar refractivity (Wildman–Crippen MR) is 77.8 cm³/mol. The van der Waals surface area contributed by atoms with Crippen molar-refractivity contribution in [2.45, 2.75) is 31.7 Å². The fourth-order valence-electron chi connectivity index (χ4n) is 2.63. The molecule has 20 heavy (non-hydrogen) atoms. The zero-order valence-corrected chi connectivity index (χ0v) is 11.8. The smallest absolute Gasteiger partial charge is 0.224 e. The average Bonchev–Trinajstić information content (AvgIpc) is 2.88. The minimum Gasteiger partial charge on any atom is -0.409 e. The van der Waals surface area contributed by atoms with Crippen LogP contribution in [0.3, 0.4) is 0 Å². The summed E-state index contributed by atoms with van der Waals surface area (Å²) in [6, 6.07) is 7.20. The molecule has 0 bridgehead atoms. The molecule has 1 aliphatic carbocycles. The van der Waals surface area contributed by atoms with Crippen LogP contribution in [0.4, 0.5) is 0 Å². The monoisotopic (exact) mass is 295 g/mol. The molecule has 1 aliphatic rings. The first-order valence-electron chi connectivity index (χ1n) is 6.62. The lowest BCUT2D eigenvalue weighted by Gasteiger charge is -2.20. The largest absolute Gasteiger partial charge is 0.409 e. The SMILES string of the molecule is NC(=NO)C1CCCC1NC(=O)Cc1ccccc1Cl. The lowest BCUT2D eigenvalue weighted by Crippen LogP contribution is -2.43. The fourth-order valence-corrected chi connectivity index (χ4v) is 2.84. The van der Waals surface area contributed by atoms with Crippen molar-refractivity contribution >= 4 is 23.3 Å². The topological polar surface area (TPSA) is 87.7 Å². The van der Waals surface area contributed by atoms with Crippen LogP contribution in [0.15, 0.2) is 29.4 Å². The maximum atomic E-state index is 12.1. The molecule has 1 aromatic carbocycles. The molecular weight excluding hydrogens is 278 g/mol. The predicted octanol–water partition coefficient (Wildman–Crippen LogP) is 1.91. The van der Waals surface area contributed by atoms with E-state index in [0.717, 1.165) is 24.8 Å². The van der Waals surface area contributed by atoms with E-state index in [0.29, 0.717) is 5.02 Å². The van der Waals surface area contributed by atoms with Gasteiger partial charge in [-0.25, -0.2) is 0 Å². The molecule has 0 spiro atoms. The second kappa shape index (κ2) is 6.61. The number of amidine groups is 1. The molecule has 2 unspecified atom stereocenters. The summed E-state index contributed by atoms with van der Waals surface area (Å²) in [6.45, 7) is 0. The van der Waals surface area contributed by atoms with Crippen LogP contribution in [-0.4, -0.2) is 23.0 Å². The molecule has 1 fully saturated rings. The van der Waals surface area contributed by atoms with Crippen LogP contribution in [0.25, 0.3) is 0 Å². The van der Waals surface area contributed by atoms with E-state index in [4.69, 9.17) is 22.5 Å². The lowest BCUT2D eigenvalue weighted by molar-refractivity contribution is -0.121. The third kappa shape index (κ3) is 3.42. The number of rotatable bonds is 4. The maximum Gasteiger partial charge on any atom is 0.224 e. The third-order valence-corrected chi connectivity index (χ3v) is 4.04. The zero-order chi connectivity index (χ0) is 14.5. The summed E-state index contributed by atoms with van der Waals surface area (Å²) < 4.78 is 0. The molecule has 4 N–H and O–H groups in total. The minimum atomic E-state index is -0.0965.